The Kier molecular flexibility index (Phi) is 7.69. The lowest BCUT2D eigenvalue weighted by Crippen LogP contribution is -2.04. The van der Waals surface area contributed by atoms with Crippen molar-refractivity contribution in [2.75, 3.05) is 0 Å². The van der Waals surface area contributed by atoms with E-state index in [1.807, 2.05) is 12.1 Å². The molecule has 0 saturated heterocycles. The van der Waals surface area contributed by atoms with Gasteiger partial charge in [-0.15, -0.1) is 0 Å². The third kappa shape index (κ3) is 5.25. The van der Waals surface area contributed by atoms with Crippen molar-refractivity contribution in [2.45, 2.75) is 86.5 Å². The fraction of sp³-hybridized carbons (Fsp3) is 0.371. The number of Topliss-reactive ketones (excluding diaryl/α,β-unsaturated/α-hetero) is 2. The molecule has 37 heavy (non-hydrogen) atoms. The van der Waals surface area contributed by atoms with E-state index in [1.165, 1.54) is 11.1 Å². The quantitative estimate of drug-likeness (QED) is 0.229. The Labute approximate surface area is 222 Å². The summed E-state index contributed by atoms with van der Waals surface area (Å²) in [6.07, 6.45) is 1.31. The molecule has 0 saturated carbocycles. The van der Waals surface area contributed by atoms with Crippen LogP contribution < -0.4 is 0 Å². The van der Waals surface area contributed by atoms with Crippen molar-refractivity contribution in [3.05, 3.63) is 93.0 Å². The van der Waals surface area contributed by atoms with Gasteiger partial charge in [-0.1, -0.05) is 64.1 Å². The summed E-state index contributed by atoms with van der Waals surface area (Å²) in [7, 11) is 0. The van der Waals surface area contributed by atoms with E-state index in [9.17, 15) is 9.59 Å². The van der Waals surface area contributed by atoms with Crippen molar-refractivity contribution in [1.29, 1.82) is 0 Å². The van der Waals surface area contributed by atoms with Crippen LogP contribution in [0, 0.1) is 27.7 Å². The van der Waals surface area contributed by atoms with Crippen LogP contribution in [0.25, 0.3) is 22.3 Å². The van der Waals surface area contributed by atoms with E-state index in [4.69, 9.17) is 0 Å². The van der Waals surface area contributed by atoms with Gasteiger partial charge in [0.05, 0.1) is 0 Å². The van der Waals surface area contributed by atoms with Gasteiger partial charge in [-0.25, -0.2) is 0 Å². The summed E-state index contributed by atoms with van der Waals surface area (Å²) < 4.78 is 0. The van der Waals surface area contributed by atoms with E-state index in [0.29, 0.717) is 31.1 Å². The molecule has 0 atom stereocenters. The minimum atomic E-state index is 0.124. The molecule has 0 spiro atoms. The Morgan fingerprint density at radius 2 is 0.946 bits per heavy atom. The molecule has 4 rings (SSSR count). The van der Waals surface area contributed by atoms with Crippen molar-refractivity contribution in [3.63, 3.8) is 0 Å². The lowest BCUT2D eigenvalue weighted by atomic mass is 9.96. The summed E-state index contributed by atoms with van der Waals surface area (Å²) in [5.74, 6) is 1.10. The Hall–Kier alpha value is -3.26. The second kappa shape index (κ2) is 10.6. The molecule has 0 radical (unpaired) electrons. The first-order valence-electron chi connectivity index (χ1n) is 13.6. The van der Waals surface area contributed by atoms with Gasteiger partial charge in [0.1, 0.15) is 0 Å². The van der Waals surface area contributed by atoms with Gasteiger partial charge in [0.2, 0.25) is 0 Å². The first-order chi connectivity index (χ1) is 17.5. The SMILES string of the molecule is Cc1cc(C(=O)CCCC(=O)c2cc(C)c3cc(C(C)C)ccc(C)c2-3)c2c(C)ccc(C(C)C)cc1-2. The maximum absolute atomic E-state index is 13.4. The fourth-order valence-corrected chi connectivity index (χ4v) is 5.51. The summed E-state index contributed by atoms with van der Waals surface area (Å²) in [6, 6.07) is 17.2. The smallest absolute Gasteiger partial charge is 0.163 e. The number of rotatable bonds is 8. The van der Waals surface area contributed by atoms with Gasteiger partial charge in [-0.2, -0.15) is 0 Å². The number of ketones is 2. The molecule has 0 N–H and O–H groups in total. The van der Waals surface area contributed by atoms with Crippen LogP contribution in [-0.4, -0.2) is 11.6 Å². The molecule has 192 valence electrons. The molecule has 0 aromatic heterocycles. The minimum absolute atomic E-state index is 0.124. The third-order valence-electron chi connectivity index (χ3n) is 7.85. The normalized spacial score (nSPS) is 11.7. The van der Waals surface area contributed by atoms with Crippen LogP contribution in [0.2, 0.25) is 0 Å². The predicted molar refractivity (Wildman–Crippen MR) is 156 cm³/mol. The molecule has 0 aromatic carbocycles. The van der Waals surface area contributed by atoms with E-state index in [-0.39, 0.29) is 11.6 Å². The molecular weight excluding hydrogens is 452 g/mol. The van der Waals surface area contributed by atoms with Crippen LogP contribution in [-0.2, 0) is 0 Å². The van der Waals surface area contributed by atoms with Crippen molar-refractivity contribution >= 4 is 11.6 Å². The maximum atomic E-state index is 13.4. The summed E-state index contributed by atoms with van der Waals surface area (Å²) in [6.45, 7) is 17.1. The molecular formula is C35H40O2. The zero-order chi connectivity index (χ0) is 27.0. The van der Waals surface area contributed by atoms with Crippen LogP contribution in [0.5, 0.6) is 0 Å². The Bertz CT molecular complexity index is 1310. The van der Waals surface area contributed by atoms with Crippen LogP contribution in [0.1, 0.15) is 113 Å². The zero-order valence-electron chi connectivity index (χ0n) is 23.7. The summed E-state index contributed by atoms with van der Waals surface area (Å²) in [5, 5.41) is 0. The van der Waals surface area contributed by atoms with E-state index >= 15 is 0 Å². The van der Waals surface area contributed by atoms with Gasteiger partial charge in [-0.3, -0.25) is 9.59 Å². The highest BCUT2D eigenvalue weighted by atomic mass is 16.1. The van der Waals surface area contributed by atoms with E-state index < -0.39 is 0 Å². The fourth-order valence-electron chi connectivity index (χ4n) is 5.51. The van der Waals surface area contributed by atoms with E-state index in [1.54, 1.807) is 0 Å². The van der Waals surface area contributed by atoms with Gasteiger partial charge in [0.25, 0.3) is 0 Å². The lowest BCUT2D eigenvalue weighted by molar-refractivity contribution is 0.0958. The summed E-state index contributed by atoms with van der Waals surface area (Å²) in [5.41, 5.74) is 13.1. The summed E-state index contributed by atoms with van der Waals surface area (Å²) >= 11 is 0. The monoisotopic (exact) mass is 492 g/mol. The number of carbonyl (C=O) groups excluding carboxylic acids is 2. The lowest BCUT2D eigenvalue weighted by Gasteiger charge is -2.07. The van der Waals surface area contributed by atoms with Crippen LogP contribution in [0.15, 0.2) is 48.5 Å². The number of aryl methyl sites for hydroxylation is 4. The minimum Gasteiger partial charge on any atom is -0.294 e. The first kappa shape index (κ1) is 26.8. The third-order valence-corrected chi connectivity index (χ3v) is 7.85. The van der Waals surface area contributed by atoms with Crippen molar-refractivity contribution in [1.82, 2.24) is 0 Å². The molecule has 0 heterocycles. The Balaban J connectivity index is 1.53. The van der Waals surface area contributed by atoms with Crippen LogP contribution in [0.3, 0.4) is 0 Å². The van der Waals surface area contributed by atoms with Gasteiger partial charge in [0, 0.05) is 24.0 Å². The molecule has 0 unspecified atom stereocenters. The summed E-state index contributed by atoms with van der Waals surface area (Å²) in [4.78, 5) is 26.7. The molecule has 0 fully saturated rings. The second-order valence-electron chi connectivity index (χ2n) is 11.4. The number of hydrogen-bond donors (Lipinski definition) is 0. The number of hydrogen-bond acceptors (Lipinski definition) is 2. The average molecular weight is 493 g/mol. The Morgan fingerprint density at radius 1 is 0.568 bits per heavy atom. The molecule has 0 aromatic rings. The van der Waals surface area contributed by atoms with E-state index in [0.717, 1.165) is 55.6 Å². The molecule has 2 heteroatoms. The molecule has 4 aliphatic carbocycles. The largest absolute Gasteiger partial charge is 0.294 e. The van der Waals surface area contributed by atoms with E-state index in [2.05, 4.69) is 91.8 Å². The van der Waals surface area contributed by atoms with Crippen molar-refractivity contribution in [3.8, 4) is 22.3 Å². The zero-order valence-corrected chi connectivity index (χ0v) is 23.7. The topological polar surface area (TPSA) is 34.1 Å². The first-order valence-corrected chi connectivity index (χ1v) is 13.6. The highest BCUT2D eigenvalue weighted by Gasteiger charge is 2.23. The standard InChI is InChI=1S/C35H40O2/c1-20(2)26-14-12-22(5)34-28(18-26)24(7)16-30(34)32(36)10-9-11-33(37)31-17-25(8)29-19-27(21(3)4)15-13-23(6)35(29)31/h12-21H,9-11H2,1-8H3. The van der Waals surface area contributed by atoms with Crippen molar-refractivity contribution in [2.24, 2.45) is 0 Å². The number of carbonyl (C=O) groups is 2. The molecule has 0 bridgehead atoms. The van der Waals surface area contributed by atoms with Gasteiger partial charge in [0.15, 0.2) is 11.6 Å². The maximum Gasteiger partial charge on any atom is 0.163 e. The highest BCUT2D eigenvalue weighted by Crippen LogP contribution is 2.38. The van der Waals surface area contributed by atoms with Gasteiger partial charge < -0.3 is 0 Å². The second-order valence-corrected chi connectivity index (χ2v) is 11.4. The molecule has 4 aliphatic rings. The predicted octanol–water partition coefficient (Wildman–Crippen LogP) is 9.61. The van der Waals surface area contributed by atoms with Gasteiger partial charge in [-0.05, 0) is 114 Å². The molecule has 0 amide bonds. The highest BCUT2D eigenvalue weighted by molar-refractivity contribution is 6.07. The van der Waals surface area contributed by atoms with Crippen LogP contribution in [0.4, 0.5) is 0 Å². The van der Waals surface area contributed by atoms with Gasteiger partial charge >= 0.3 is 0 Å². The average Bonchev–Trinajstić information content (AvgIpc) is 3.19. The van der Waals surface area contributed by atoms with Crippen molar-refractivity contribution < 1.29 is 9.59 Å². The Morgan fingerprint density at radius 3 is 1.30 bits per heavy atom. The molecule has 0 aliphatic heterocycles. The molecule has 2 nitrogen and oxygen atoms in total. The van der Waals surface area contributed by atoms with Crippen LogP contribution >= 0.6 is 0 Å². The number of fused-ring (bicyclic) bond motifs is 2.